The Morgan fingerprint density at radius 2 is 2.11 bits per heavy atom. The lowest BCUT2D eigenvalue weighted by Crippen LogP contribution is -1.99. The van der Waals surface area contributed by atoms with E-state index in [4.69, 9.17) is 16.3 Å². The number of rotatable bonds is 6. The summed E-state index contributed by atoms with van der Waals surface area (Å²) in [7, 11) is 1.64. The molecule has 0 fully saturated rings. The number of thioether (sulfide) groups is 1. The van der Waals surface area contributed by atoms with Crippen LogP contribution in [0.4, 0.5) is 0 Å². The molecule has 1 aromatic heterocycles. The molecular weight excluding hydrogens is 272 g/mol. The minimum atomic E-state index is 0.650. The molecule has 0 aliphatic rings. The SMILES string of the molecule is COc1ccc(-n2nnnc2SCCCCl)cc1. The minimum Gasteiger partial charge on any atom is -0.497 e. The van der Waals surface area contributed by atoms with Gasteiger partial charge in [-0.15, -0.1) is 16.7 Å². The zero-order valence-corrected chi connectivity index (χ0v) is 11.5. The summed E-state index contributed by atoms with van der Waals surface area (Å²) in [4.78, 5) is 0. The third-order valence-corrected chi connectivity index (χ3v) is 3.54. The van der Waals surface area contributed by atoms with Gasteiger partial charge in [0.1, 0.15) is 5.75 Å². The maximum Gasteiger partial charge on any atom is 0.214 e. The molecule has 0 radical (unpaired) electrons. The zero-order valence-electron chi connectivity index (χ0n) is 9.91. The lowest BCUT2D eigenvalue weighted by atomic mass is 10.3. The maximum atomic E-state index is 5.65. The van der Waals surface area contributed by atoms with Gasteiger partial charge in [-0.05, 0) is 41.1 Å². The number of hydrogen-bond donors (Lipinski definition) is 0. The van der Waals surface area contributed by atoms with Gasteiger partial charge in [-0.1, -0.05) is 11.8 Å². The molecule has 1 heterocycles. The normalized spacial score (nSPS) is 10.6. The van der Waals surface area contributed by atoms with Crippen LogP contribution < -0.4 is 4.74 Å². The Balaban J connectivity index is 2.14. The standard InChI is InChI=1S/C11H13ClN4OS/c1-17-10-5-3-9(4-6-10)16-11(13-14-15-16)18-8-2-7-12/h3-6H,2,7-8H2,1H3. The van der Waals surface area contributed by atoms with Gasteiger partial charge in [-0.25, -0.2) is 0 Å². The summed E-state index contributed by atoms with van der Waals surface area (Å²) in [6, 6.07) is 7.59. The Kier molecular flexibility index (Phi) is 4.83. The fraction of sp³-hybridized carbons (Fsp3) is 0.364. The van der Waals surface area contributed by atoms with E-state index in [1.54, 1.807) is 23.6 Å². The van der Waals surface area contributed by atoms with Crippen molar-refractivity contribution in [2.75, 3.05) is 18.7 Å². The molecule has 1 aromatic carbocycles. The lowest BCUT2D eigenvalue weighted by Gasteiger charge is -2.05. The Labute approximate surface area is 114 Å². The highest BCUT2D eigenvalue weighted by atomic mass is 35.5. The van der Waals surface area contributed by atoms with Crippen LogP contribution >= 0.6 is 23.4 Å². The van der Waals surface area contributed by atoms with Crippen LogP contribution in [0.25, 0.3) is 5.69 Å². The third-order valence-electron chi connectivity index (χ3n) is 2.27. The van der Waals surface area contributed by atoms with Crippen molar-refractivity contribution >= 4 is 23.4 Å². The van der Waals surface area contributed by atoms with Crippen molar-refractivity contribution in [3.05, 3.63) is 24.3 Å². The Hall–Kier alpha value is -1.27. The highest BCUT2D eigenvalue weighted by Crippen LogP contribution is 2.20. The van der Waals surface area contributed by atoms with Gasteiger partial charge in [-0.3, -0.25) is 0 Å². The molecule has 2 aromatic rings. The number of aromatic nitrogens is 4. The smallest absolute Gasteiger partial charge is 0.214 e. The minimum absolute atomic E-state index is 0.650. The molecule has 96 valence electrons. The quantitative estimate of drug-likeness (QED) is 0.463. The number of alkyl halides is 1. The molecule has 0 amide bonds. The highest BCUT2D eigenvalue weighted by Gasteiger charge is 2.08. The van der Waals surface area contributed by atoms with Crippen molar-refractivity contribution in [3.63, 3.8) is 0 Å². The van der Waals surface area contributed by atoms with Crippen molar-refractivity contribution in [2.45, 2.75) is 11.6 Å². The van der Waals surface area contributed by atoms with Crippen LogP contribution in [0, 0.1) is 0 Å². The molecule has 0 saturated heterocycles. The zero-order chi connectivity index (χ0) is 12.8. The second-order valence-corrected chi connectivity index (χ2v) is 4.90. The number of benzene rings is 1. The molecule has 0 bridgehead atoms. The second kappa shape index (κ2) is 6.61. The van der Waals surface area contributed by atoms with Crippen molar-refractivity contribution < 1.29 is 4.74 Å². The van der Waals surface area contributed by atoms with Crippen molar-refractivity contribution in [3.8, 4) is 11.4 Å². The predicted molar refractivity (Wildman–Crippen MR) is 71.8 cm³/mol. The molecule has 0 spiro atoms. The van der Waals surface area contributed by atoms with E-state index in [1.807, 2.05) is 24.3 Å². The highest BCUT2D eigenvalue weighted by molar-refractivity contribution is 7.99. The van der Waals surface area contributed by atoms with E-state index in [0.29, 0.717) is 5.88 Å². The molecule has 0 aliphatic heterocycles. The van der Waals surface area contributed by atoms with E-state index in [0.717, 1.165) is 28.8 Å². The summed E-state index contributed by atoms with van der Waals surface area (Å²) in [5.74, 6) is 2.36. The number of tetrazole rings is 1. The number of methoxy groups -OCH3 is 1. The van der Waals surface area contributed by atoms with Crippen LogP contribution in [0.3, 0.4) is 0 Å². The molecule has 2 rings (SSSR count). The molecule has 0 atom stereocenters. The molecule has 0 N–H and O–H groups in total. The largest absolute Gasteiger partial charge is 0.497 e. The molecule has 0 saturated carbocycles. The molecule has 0 aliphatic carbocycles. The van der Waals surface area contributed by atoms with E-state index < -0.39 is 0 Å². The predicted octanol–water partition coefficient (Wildman–Crippen LogP) is 2.39. The Morgan fingerprint density at radius 3 is 2.78 bits per heavy atom. The van der Waals surface area contributed by atoms with Gasteiger partial charge in [0.05, 0.1) is 12.8 Å². The summed E-state index contributed by atoms with van der Waals surface area (Å²) in [6.45, 7) is 0. The number of hydrogen-bond acceptors (Lipinski definition) is 5. The topological polar surface area (TPSA) is 52.8 Å². The summed E-state index contributed by atoms with van der Waals surface area (Å²) in [5, 5.41) is 12.4. The van der Waals surface area contributed by atoms with Crippen LogP contribution in [-0.4, -0.2) is 38.9 Å². The van der Waals surface area contributed by atoms with Crippen LogP contribution in [0.5, 0.6) is 5.75 Å². The van der Waals surface area contributed by atoms with Gasteiger partial charge in [-0.2, -0.15) is 4.68 Å². The number of nitrogens with zero attached hydrogens (tertiary/aromatic N) is 4. The maximum absolute atomic E-state index is 5.65. The Bertz CT molecular complexity index is 488. The van der Waals surface area contributed by atoms with E-state index in [1.165, 1.54) is 0 Å². The molecule has 0 unspecified atom stereocenters. The van der Waals surface area contributed by atoms with Gasteiger partial charge < -0.3 is 4.74 Å². The van der Waals surface area contributed by atoms with Crippen LogP contribution in [-0.2, 0) is 0 Å². The summed E-state index contributed by atoms with van der Waals surface area (Å²) >= 11 is 7.24. The van der Waals surface area contributed by atoms with E-state index in [9.17, 15) is 0 Å². The van der Waals surface area contributed by atoms with Crippen molar-refractivity contribution in [1.29, 1.82) is 0 Å². The molecule has 5 nitrogen and oxygen atoms in total. The Morgan fingerprint density at radius 1 is 1.33 bits per heavy atom. The summed E-state index contributed by atoms with van der Waals surface area (Å²) in [6.07, 6.45) is 0.932. The van der Waals surface area contributed by atoms with Gasteiger partial charge >= 0.3 is 0 Å². The number of halogens is 1. The average molecular weight is 285 g/mol. The first-order valence-corrected chi connectivity index (χ1v) is 6.98. The molecular formula is C11H13ClN4OS. The van der Waals surface area contributed by atoms with Crippen LogP contribution in [0.15, 0.2) is 29.4 Å². The lowest BCUT2D eigenvalue weighted by molar-refractivity contribution is 0.414. The first kappa shape index (κ1) is 13.2. The van der Waals surface area contributed by atoms with Crippen molar-refractivity contribution in [2.24, 2.45) is 0 Å². The van der Waals surface area contributed by atoms with Gasteiger partial charge in [0.15, 0.2) is 0 Å². The summed E-state index contributed by atoms with van der Waals surface area (Å²) < 4.78 is 6.82. The second-order valence-electron chi connectivity index (χ2n) is 3.46. The molecule has 7 heteroatoms. The first-order valence-electron chi connectivity index (χ1n) is 5.46. The average Bonchev–Trinajstić information content (AvgIpc) is 2.88. The van der Waals surface area contributed by atoms with E-state index >= 15 is 0 Å². The van der Waals surface area contributed by atoms with Crippen molar-refractivity contribution in [1.82, 2.24) is 20.2 Å². The third kappa shape index (κ3) is 3.14. The van der Waals surface area contributed by atoms with Crippen LogP contribution in [0.2, 0.25) is 0 Å². The van der Waals surface area contributed by atoms with E-state index in [-0.39, 0.29) is 0 Å². The molecule has 18 heavy (non-hydrogen) atoms. The fourth-order valence-corrected chi connectivity index (χ4v) is 2.49. The number of ether oxygens (including phenoxy) is 1. The fourth-order valence-electron chi connectivity index (χ4n) is 1.37. The van der Waals surface area contributed by atoms with Gasteiger partial charge in [0, 0.05) is 11.6 Å². The first-order chi connectivity index (χ1) is 8.85. The van der Waals surface area contributed by atoms with E-state index in [2.05, 4.69) is 15.5 Å². The monoisotopic (exact) mass is 284 g/mol. The summed E-state index contributed by atoms with van der Waals surface area (Å²) in [5.41, 5.74) is 0.911. The van der Waals surface area contributed by atoms with Gasteiger partial charge in [0.2, 0.25) is 5.16 Å². The van der Waals surface area contributed by atoms with Crippen LogP contribution in [0.1, 0.15) is 6.42 Å². The van der Waals surface area contributed by atoms with Gasteiger partial charge in [0.25, 0.3) is 0 Å².